The zero-order valence-corrected chi connectivity index (χ0v) is 12.8. The molecule has 1 atom stereocenters. The predicted molar refractivity (Wildman–Crippen MR) is 75.7 cm³/mol. The van der Waals surface area contributed by atoms with Gasteiger partial charge < -0.3 is 5.11 Å². The molecule has 3 nitrogen and oxygen atoms in total. The molecule has 0 radical (unpaired) electrons. The topological polar surface area (TPSA) is 38.0 Å². The maximum atomic E-state index is 13.1. The van der Waals surface area contributed by atoms with E-state index < -0.39 is 17.8 Å². The summed E-state index contributed by atoms with van der Waals surface area (Å²) in [5, 5.41) is 14.4. The minimum Gasteiger partial charge on any atom is -0.382 e. The molecule has 1 unspecified atom stereocenters. The highest BCUT2D eigenvalue weighted by Crippen LogP contribution is 2.38. The summed E-state index contributed by atoms with van der Waals surface area (Å²) in [5.41, 5.74) is -0.679. The SMILES string of the molecule is CCCn1nccc1C(O)c1ccc(Br)cc1C(F)(F)F. The molecule has 0 aliphatic rings. The van der Waals surface area contributed by atoms with Crippen LogP contribution in [0.5, 0.6) is 0 Å². The third-order valence-corrected chi connectivity index (χ3v) is 3.57. The van der Waals surface area contributed by atoms with Crippen LogP contribution in [0.3, 0.4) is 0 Å². The van der Waals surface area contributed by atoms with Crippen LogP contribution in [0.25, 0.3) is 0 Å². The lowest BCUT2D eigenvalue weighted by atomic mass is 9.99. The van der Waals surface area contributed by atoms with E-state index in [-0.39, 0.29) is 5.56 Å². The molecule has 0 amide bonds. The third kappa shape index (κ3) is 3.47. The van der Waals surface area contributed by atoms with E-state index in [4.69, 9.17) is 0 Å². The van der Waals surface area contributed by atoms with Crippen molar-refractivity contribution in [2.75, 3.05) is 0 Å². The van der Waals surface area contributed by atoms with E-state index in [2.05, 4.69) is 21.0 Å². The number of aliphatic hydroxyl groups is 1. The summed E-state index contributed by atoms with van der Waals surface area (Å²) in [6.07, 6.45) is -3.66. The highest BCUT2D eigenvalue weighted by atomic mass is 79.9. The van der Waals surface area contributed by atoms with Crippen molar-refractivity contribution in [1.82, 2.24) is 9.78 Å². The zero-order valence-electron chi connectivity index (χ0n) is 11.2. The summed E-state index contributed by atoms with van der Waals surface area (Å²) < 4.78 is 41.2. The second-order valence-corrected chi connectivity index (χ2v) is 5.53. The van der Waals surface area contributed by atoms with Gasteiger partial charge in [0, 0.05) is 17.2 Å². The van der Waals surface area contributed by atoms with Crippen LogP contribution < -0.4 is 0 Å². The fourth-order valence-electron chi connectivity index (χ4n) is 2.15. The van der Waals surface area contributed by atoms with Crippen LogP contribution in [-0.4, -0.2) is 14.9 Å². The average Bonchev–Trinajstić information content (AvgIpc) is 2.85. The Morgan fingerprint density at radius 3 is 2.67 bits per heavy atom. The minimum atomic E-state index is -4.53. The molecule has 2 aromatic rings. The predicted octanol–water partition coefficient (Wildman–Crippen LogP) is 4.16. The molecule has 114 valence electrons. The van der Waals surface area contributed by atoms with Gasteiger partial charge in [-0.2, -0.15) is 18.3 Å². The molecular weight excluding hydrogens is 349 g/mol. The highest BCUT2D eigenvalue weighted by molar-refractivity contribution is 9.10. The van der Waals surface area contributed by atoms with E-state index in [9.17, 15) is 18.3 Å². The number of hydrogen-bond acceptors (Lipinski definition) is 2. The number of alkyl halides is 3. The number of aryl methyl sites for hydroxylation is 1. The first-order valence-electron chi connectivity index (χ1n) is 6.41. The highest BCUT2D eigenvalue weighted by Gasteiger charge is 2.36. The summed E-state index contributed by atoms with van der Waals surface area (Å²) >= 11 is 3.03. The van der Waals surface area contributed by atoms with E-state index in [1.807, 2.05) is 6.92 Å². The summed E-state index contributed by atoms with van der Waals surface area (Å²) in [5.74, 6) is 0. The monoisotopic (exact) mass is 362 g/mol. The third-order valence-electron chi connectivity index (χ3n) is 3.08. The van der Waals surface area contributed by atoms with Crippen molar-refractivity contribution >= 4 is 15.9 Å². The van der Waals surface area contributed by atoms with Crippen molar-refractivity contribution in [3.63, 3.8) is 0 Å². The molecule has 0 fully saturated rings. The normalized spacial score (nSPS) is 13.4. The van der Waals surface area contributed by atoms with Crippen LogP contribution in [0.15, 0.2) is 34.9 Å². The van der Waals surface area contributed by atoms with Crippen molar-refractivity contribution in [1.29, 1.82) is 0 Å². The molecule has 0 saturated heterocycles. The maximum absolute atomic E-state index is 13.1. The molecular formula is C14H14BrF3N2O. The Morgan fingerprint density at radius 2 is 2.05 bits per heavy atom. The Balaban J connectivity index is 2.48. The summed E-state index contributed by atoms with van der Waals surface area (Å²) in [7, 11) is 0. The molecule has 0 spiro atoms. The second-order valence-electron chi connectivity index (χ2n) is 4.61. The standard InChI is InChI=1S/C14H14BrF3N2O/c1-2-7-20-12(5-6-19-20)13(21)10-4-3-9(15)8-11(10)14(16,17)18/h3-6,8,13,21H,2,7H2,1H3. The van der Waals surface area contributed by atoms with Crippen LogP contribution in [-0.2, 0) is 12.7 Å². The van der Waals surface area contributed by atoms with Gasteiger partial charge in [-0.05, 0) is 30.2 Å². The van der Waals surface area contributed by atoms with Gasteiger partial charge in [0.05, 0.1) is 11.3 Å². The van der Waals surface area contributed by atoms with Gasteiger partial charge in [-0.25, -0.2) is 0 Å². The smallest absolute Gasteiger partial charge is 0.382 e. The van der Waals surface area contributed by atoms with Gasteiger partial charge >= 0.3 is 6.18 Å². The van der Waals surface area contributed by atoms with Gasteiger partial charge in [0.2, 0.25) is 0 Å². The molecule has 1 heterocycles. The summed E-state index contributed by atoms with van der Waals surface area (Å²) in [6.45, 7) is 2.47. The van der Waals surface area contributed by atoms with Gasteiger partial charge in [0.15, 0.2) is 0 Å². The minimum absolute atomic E-state index is 0.177. The van der Waals surface area contributed by atoms with Crippen LogP contribution >= 0.6 is 15.9 Å². The first kappa shape index (κ1) is 16.0. The van der Waals surface area contributed by atoms with Crippen molar-refractivity contribution in [3.05, 3.63) is 51.8 Å². The molecule has 7 heteroatoms. The molecule has 1 aromatic heterocycles. The lowest BCUT2D eigenvalue weighted by molar-refractivity contribution is -0.139. The van der Waals surface area contributed by atoms with E-state index in [0.29, 0.717) is 16.7 Å². The lowest BCUT2D eigenvalue weighted by Crippen LogP contribution is -2.16. The Kier molecular flexibility index (Phi) is 4.73. The maximum Gasteiger partial charge on any atom is 0.416 e. The van der Waals surface area contributed by atoms with E-state index in [0.717, 1.165) is 12.5 Å². The van der Waals surface area contributed by atoms with E-state index in [1.54, 1.807) is 0 Å². The van der Waals surface area contributed by atoms with Gasteiger partial charge in [-0.3, -0.25) is 4.68 Å². The number of rotatable bonds is 4. The zero-order chi connectivity index (χ0) is 15.6. The Bertz CT molecular complexity index is 625. The molecule has 1 aromatic carbocycles. The number of hydrogen-bond donors (Lipinski definition) is 1. The molecule has 2 rings (SSSR count). The van der Waals surface area contributed by atoms with Crippen LogP contribution in [0.4, 0.5) is 13.2 Å². The average molecular weight is 363 g/mol. The summed E-state index contributed by atoms with van der Waals surface area (Å²) in [6, 6.07) is 5.26. The van der Waals surface area contributed by atoms with Crippen LogP contribution in [0.1, 0.15) is 36.3 Å². The van der Waals surface area contributed by atoms with Gasteiger partial charge in [0.1, 0.15) is 6.10 Å². The first-order valence-corrected chi connectivity index (χ1v) is 7.20. The molecule has 0 bridgehead atoms. The van der Waals surface area contributed by atoms with Crippen molar-refractivity contribution in [2.45, 2.75) is 32.2 Å². The van der Waals surface area contributed by atoms with Crippen molar-refractivity contribution in [2.24, 2.45) is 0 Å². The van der Waals surface area contributed by atoms with Crippen molar-refractivity contribution < 1.29 is 18.3 Å². The van der Waals surface area contributed by atoms with Crippen molar-refractivity contribution in [3.8, 4) is 0 Å². The Hall–Kier alpha value is -1.34. The molecule has 0 saturated carbocycles. The van der Waals surface area contributed by atoms with Gasteiger partial charge in [-0.1, -0.05) is 28.9 Å². The number of aromatic nitrogens is 2. The molecule has 1 N–H and O–H groups in total. The second kappa shape index (κ2) is 6.19. The first-order chi connectivity index (χ1) is 9.84. The largest absolute Gasteiger partial charge is 0.416 e. The Morgan fingerprint density at radius 1 is 1.33 bits per heavy atom. The fourth-order valence-corrected chi connectivity index (χ4v) is 2.51. The van der Waals surface area contributed by atoms with Gasteiger partial charge in [-0.15, -0.1) is 0 Å². The van der Waals surface area contributed by atoms with E-state index >= 15 is 0 Å². The number of benzene rings is 1. The number of aliphatic hydroxyl groups excluding tert-OH is 1. The summed E-state index contributed by atoms with van der Waals surface area (Å²) in [4.78, 5) is 0. The molecule has 21 heavy (non-hydrogen) atoms. The lowest BCUT2D eigenvalue weighted by Gasteiger charge is -2.19. The number of halogens is 4. The quantitative estimate of drug-likeness (QED) is 0.886. The van der Waals surface area contributed by atoms with E-state index in [1.165, 1.54) is 29.1 Å². The number of nitrogens with zero attached hydrogens (tertiary/aromatic N) is 2. The fraction of sp³-hybridized carbons (Fsp3) is 0.357. The van der Waals surface area contributed by atoms with Crippen LogP contribution in [0, 0.1) is 0 Å². The Labute approximate surface area is 128 Å². The van der Waals surface area contributed by atoms with Crippen LogP contribution in [0.2, 0.25) is 0 Å². The molecule has 0 aliphatic carbocycles. The van der Waals surface area contributed by atoms with Gasteiger partial charge in [0.25, 0.3) is 0 Å². The molecule has 0 aliphatic heterocycles.